The average molecular weight is 479 g/mol. The van der Waals surface area contributed by atoms with Gasteiger partial charge in [0.1, 0.15) is 0 Å². The molecule has 0 bridgehead atoms. The van der Waals surface area contributed by atoms with Crippen LogP contribution in [-0.4, -0.2) is 26.2 Å². The number of aliphatic imine (C=N–C) groups is 1. The molecular weight excluding hydrogens is 449 g/mol. The number of halogens is 1. The van der Waals surface area contributed by atoms with Crippen LogP contribution in [0.2, 0.25) is 0 Å². The first-order chi connectivity index (χ1) is 12.7. The number of aryl methyl sites for hydroxylation is 1. The number of benzene rings is 2. The lowest BCUT2D eigenvalue weighted by atomic mass is 9.95. The Kier molecular flexibility index (Phi) is 8.57. The van der Waals surface area contributed by atoms with Gasteiger partial charge in [-0.2, -0.15) is 0 Å². The Bertz CT molecular complexity index is 735. The highest BCUT2D eigenvalue weighted by Gasteiger charge is 2.29. The number of hydrogen-bond donors (Lipinski definition) is 2. The molecule has 3 rings (SSSR count). The summed E-state index contributed by atoms with van der Waals surface area (Å²) in [6, 6.07) is 19.2. The van der Waals surface area contributed by atoms with Crippen molar-refractivity contribution in [3.63, 3.8) is 0 Å². The van der Waals surface area contributed by atoms with E-state index in [0.717, 1.165) is 25.5 Å². The second-order valence-corrected chi connectivity index (χ2v) is 6.93. The predicted molar refractivity (Wildman–Crippen MR) is 123 cm³/mol. The Morgan fingerprint density at radius 1 is 1.15 bits per heavy atom. The molecule has 3 atom stereocenters. The van der Waals surface area contributed by atoms with Crippen LogP contribution in [-0.2, 0) is 4.74 Å². The smallest absolute Gasteiger partial charge is 0.191 e. The summed E-state index contributed by atoms with van der Waals surface area (Å²) in [5, 5.41) is 6.99. The molecule has 2 aromatic carbocycles. The molecule has 0 radical (unpaired) electrons. The maximum Gasteiger partial charge on any atom is 0.191 e. The zero-order chi connectivity index (χ0) is 18.4. The Labute approximate surface area is 179 Å². The van der Waals surface area contributed by atoms with Crippen LogP contribution in [0.4, 0.5) is 0 Å². The first kappa shape index (κ1) is 21.7. The quantitative estimate of drug-likeness (QED) is 0.374. The third-order valence-corrected chi connectivity index (χ3v) is 5.11. The van der Waals surface area contributed by atoms with Crippen LogP contribution in [0.5, 0.6) is 0 Å². The highest BCUT2D eigenvalue weighted by atomic mass is 127. The topological polar surface area (TPSA) is 45.7 Å². The molecule has 1 aliphatic rings. The largest absolute Gasteiger partial charge is 0.373 e. The van der Waals surface area contributed by atoms with Crippen molar-refractivity contribution in [2.75, 3.05) is 20.2 Å². The third-order valence-electron chi connectivity index (χ3n) is 5.11. The van der Waals surface area contributed by atoms with Crippen molar-refractivity contribution in [3.8, 4) is 0 Å². The van der Waals surface area contributed by atoms with Crippen molar-refractivity contribution in [3.05, 3.63) is 71.3 Å². The molecule has 27 heavy (non-hydrogen) atoms. The van der Waals surface area contributed by atoms with Gasteiger partial charge < -0.3 is 15.4 Å². The highest BCUT2D eigenvalue weighted by molar-refractivity contribution is 14.0. The van der Waals surface area contributed by atoms with Crippen LogP contribution in [0.15, 0.2) is 59.6 Å². The Morgan fingerprint density at radius 2 is 1.85 bits per heavy atom. The molecule has 3 unspecified atom stereocenters. The molecule has 4 nitrogen and oxygen atoms in total. The molecule has 0 saturated carbocycles. The van der Waals surface area contributed by atoms with E-state index in [2.05, 4.69) is 78.0 Å². The zero-order valence-electron chi connectivity index (χ0n) is 16.3. The summed E-state index contributed by atoms with van der Waals surface area (Å²) in [5.74, 6) is 1.28. The van der Waals surface area contributed by atoms with Gasteiger partial charge >= 0.3 is 0 Å². The number of ether oxygens (including phenoxy) is 1. The van der Waals surface area contributed by atoms with Gasteiger partial charge in [-0.25, -0.2) is 0 Å². The van der Waals surface area contributed by atoms with Crippen molar-refractivity contribution < 1.29 is 4.74 Å². The molecule has 5 heteroatoms. The normalized spacial score (nSPS) is 20.6. The first-order valence-electron chi connectivity index (χ1n) is 9.38. The van der Waals surface area contributed by atoms with E-state index in [1.807, 2.05) is 13.1 Å². The fourth-order valence-corrected chi connectivity index (χ4v) is 3.63. The zero-order valence-corrected chi connectivity index (χ0v) is 18.6. The molecule has 0 amide bonds. The van der Waals surface area contributed by atoms with Gasteiger partial charge in [0, 0.05) is 26.1 Å². The van der Waals surface area contributed by atoms with Crippen LogP contribution in [0.3, 0.4) is 0 Å². The molecule has 0 spiro atoms. The van der Waals surface area contributed by atoms with E-state index in [4.69, 9.17) is 4.74 Å². The van der Waals surface area contributed by atoms with E-state index in [1.165, 1.54) is 16.7 Å². The molecule has 0 aliphatic carbocycles. The van der Waals surface area contributed by atoms with Crippen molar-refractivity contribution >= 4 is 29.9 Å². The van der Waals surface area contributed by atoms with Crippen LogP contribution < -0.4 is 10.6 Å². The lowest BCUT2D eigenvalue weighted by molar-refractivity contribution is 0.0915. The van der Waals surface area contributed by atoms with Gasteiger partial charge in [-0.1, -0.05) is 54.6 Å². The maximum absolute atomic E-state index is 5.98. The van der Waals surface area contributed by atoms with E-state index >= 15 is 0 Å². The second-order valence-electron chi connectivity index (χ2n) is 6.93. The Balaban J connectivity index is 0.00000261. The number of hydrogen-bond acceptors (Lipinski definition) is 2. The van der Waals surface area contributed by atoms with Gasteiger partial charge in [0.25, 0.3) is 0 Å². The summed E-state index contributed by atoms with van der Waals surface area (Å²) in [6.07, 6.45) is 1.23. The van der Waals surface area contributed by atoms with E-state index in [0.29, 0.717) is 5.92 Å². The average Bonchev–Trinajstić information content (AvgIpc) is 3.14. The third kappa shape index (κ3) is 5.69. The molecule has 1 heterocycles. The first-order valence-corrected chi connectivity index (χ1v) is 9.38. The van der Waals surface area contributed by atoms with Crippen molar-refractivity contribution in [2.45, 2.75) is 32.4 Å². The van der Waals surface area contributed by atoms with Gasteiger partial charge in [0.15, 0.2) is 5.96 Å². The maximum atomic E-state index is 5.98. The van der Waals surface area contributed by atoms with Crippen LogP contribution >= 0.6 is 24.0 Å². The highest BCUT2D eigenvalue weighted by Crippen LogP contribution is 2.33. The van der Waals surface area contributed by atoms with E-state index in [9.17, 15) is 0 Å². The summed E-state index contributed by atoms with van der Waals surface area (Å²) in [7, 11) is 1.82. The van der Waals surface area contributed by atoms with Crippen molar-refractivity contribution in [1.29, 1.82) is 0 Å². The summed E-state index contributed by atoms with van der Waals surface area (Å²) in [4.78, 5) is 4.40. The fourth-order valence-electron chi connectivity index (χ4n) is 3.63. The fraction of sp³-hybridized carbons (Fsp3) is 0.409. The van der Waals surface area contributed by atoms with E-state index < -0.39 is 0 Å². The van der Waals surface area contributed by atoms with E-state index in [-0.39, 0.29) is 36.1 Å². The monoisotopic (exact) mass is 479 g/mol. The molecule has 0 aromatic heterocycles. The number of nitrogens with one attached hydrogen (secondary N) is 2. The Hall–Kier alpha value is -1.60. The standard InChI is InChI=1S/C22H29N3O.HI/c1-16-9-7-8-12-20(16)17(2)25-22(23-3)24-15-19-13-14-26-21(19)18-10-5-4-6-11-18;/h4-12,17,19,21H,13-15H2,1-3H3,(H2,23,24,25);1H. The van der Waals surface area contributed by atoms with E-state index in [1.54, 1.807) is 0 Å². The minimum atomic E-state index is 0. The van der Waals surface area contributed by atoms with Gasteiger partial charge in [0.05, 0.1) is 12.1 Å². The SMILES string of the molecule is CN=C(NCC1CCOC1c1ccccc1)NC(C)c1ccccc1C.I. The molecule has 1 fully saturated rings. The summed E-state index contributed by atoms with van der Waals surface area (Å²) >= 11 is 0. The van der Waals surface area contributed by atoms with Gasteiger partial charge in [-0.3, -0.25) is 4.99 Å². The summed E-state index contributed by atoms with van der Waals surface area (Å²) < 4.78 is 5.98. The number of rotatable bonds is 5. The lowest BCUT2D eigenvalue weighted by Crippen LogP contribution is -2.41. The van der Waals surface area contributed by atoms with Gasteiger partial charge in [0.2, 0.25) is 0 Å². The molecular formula is C22H30IN3O. The molecule has 1 aliphatic heterocycles. The molecule has 1 saturated heterocycles. The van der Waals surface area contributed by atoms with Gasteiger partial charge in [-0.05, 0) is 37.0 Å². The minimum absolute atomic E-state index is 0. The molecule has 2 aromatic rings. The minimum Gasteiger partial charge on any atom is -0.373 e. The van der Waals surface area contributed by atoms with Crippen LogP contribution in [0.25, 0.3) is 0 Å². The summed E-state index contributed by atoms with van der Waals surface area (Å²) in [6.45, 7) is 5.97. The molecule has 146 valence electrons. The van der Waals surface area contributed by atoms with Gasteiger partial charge in [-0.15, -0.1) is 24.0 Å². The Morgan fingerprint density at radius 3 is 2.56 bits per heavy atom. The van der Waals surface area contributed by atoms with Crippen molar-refractivity contribution in [1.82, 2.24) is 10.6 Å². The van der Waals surface area contributed by atoms with Crippen LogP contribution in [0.1, 0.15) is 42.2 Å². The number of nitrogens with zero attached hydrogens (tertiary/aromatic N) is 1. The van der Waals surface area contributed by atoms with Crippen LogP contribution in [0, 0.1) is 12.8 Å². The second kappa shape index (κ2) is 10.7. The molecule has 2 N–H and O–H groups in total. The predicted octanol–water partition coefficient (Wildman–Crippen LogP) is 4.62. The summed E-state index contributed by atoms with van der Waals surface area (Å²) in [5.41, 5.74) is 3.84. The lowest BCUT2D eigenvalue weighted by Gasteiger charge is -2.23. The van der Waals surface area contributed by atoms with Crippen molar-refractivity contribution in [2.24, 2.45) is 10.9 Å². The number of guanidine groups is 1.